The average molecular weight is 939 g/mol. The van der Waals surface area contributed by atoms with E-state index in [1.165, 1.54) is 42.5 Å². The standard InChI is InChI=1S/C57H46O13/c58-47-40-49(69-51-38-46(63-31-34-66-53(59)27-21-41-13-5-1-6-14-41)39-52(57(47)51)70-56(62)30-24-44-19-11-4-12-20-44)45-25-26-48(64-32-35-67-54(60)28-22-42-15-7-2-8-16-42)50(37-45)65-33-36-68-55(61)29-23-43-17-9-3-10-18-43/h1-30,37-40H,31-36H2/b27-21+,28-22+,29-23+,30-24+. The molecule has 70 heavy (non-hydrogen) atoms. The maximum absolute atomic E-state index is 14.0. The van der Waals surface area contributed by atoms with Crippen LogP contribution in [0.25, 0.3) is 46.6 Å². The molecule has 0 amide bonds. The number of carbonyl (C=O) groups excluding carboxylic acids is 4. The third kappa shape index (κ3) is 15.4. The van der Waals surface area contributed by atoms with E-state index in [0.717, 1.165) is 22.3 Å². The molecule has 0 aliphatic rings. The van der Waals surface area contributed by atoms with Crippen molar-refractivity contribution < 1.29 is 56.8 Å². The summed E-state index contributed by atoms with van der Waals surface area (Å²) >= 11 is 0. The van der Waals surface area contributed by atoms with Gasteiger partial charge in [0.1, 0.15) is 67.9 Å². The molecule has 0 atom stereocenters. The Hall–Kier alpha value is -9.23. The minimum absolute atomic E-state index is 0.0130. The number of hydrogen-bond acceptors (Lipinski definition) is 13. The minimum Gasteiger partial charge on any atom is -0.490 e. The molecule has 0 N–H and O–H groups in total. The molecular formula is C57H46O13. The summed E-state index contributed by atoms with van der Waals surface area (Å²) in [5.74, 6) is -1.91. The molecule has 0 fully saturated rings. The Morgan fingerprint density at radius 1 is 0.414 bits per heavy atom. The van der Waals surface area contributed by atoms with Gasteiger partial charge in [0.15, 0.2) is 16.9 Å². The van der Waals surface area contributed by atoms with Gasteiger partial charge in [-0.15, -0.1) is 0 Å². The van der Waals surface area contributed by atoms with Crippen molar-refractivity contribution in [2.24, 2.45) is 0 Å². The highest BCUT2D eigenvalue weighted by Crippen LogP contribution is 2.36. The first-order valence-electron chi connectivity index (χ1n) is 22.0. The number of ether oxygens (including phenoxy) is 7. The average Bonchev–Trinajstić information content (AvgIpc) is 3.39. The molecule has 0 saturated carbocycles. The maximum Gasteiger partial charge on any atom is 0.336 e. The Morgan fingerprint density at radius 3 is 1.31 bits per heavy atom. The van der Waals surface area contributed by atoms with E-state index in [4.69, 9.17) is 37.6 Å². The third-order valence-corrected chi connectivity index (χ3v) is 9.82. The van der Waals surface area contributed by atoms with Gasteiger partial charge in [-0.25, -0.2) is 19.2 Å². The zero-order valence-electron chi connectivity index (χ0n) is 37.7. The van der Waals surface area contributed by atoms with Crippen LogP contribution < -0.4 is 24.4 Å². The second-order valence-corrected chi connectivity index (χ2v) is 14.9. The summed E-state index contributed by atoms with van der Waals surface area (Å²) in [5.41, 5.74) is 3.10. The molecule has 0 aliphatic carbocycles. The van der Waals surface area contributed by atoms with Crippen LogP contribution in [0, 0.1) is 0 Å². The van der Waals surface area contributed by atoms with Crippen LogP contribution in [0.15, 0.2) is 191 Å². The van der Waals surface area contributed by atoms with Crippen LogP contribution in [0.2, 0.25) is 0 Å². The van der Waals surface area contributed by atoms with E-state index >= 15 is 0 Å². The SMILES string of the molecule is O=C(/C=C/c1ccccc1)OCCOc1cc(OC(=O)/C=C/c2ccccc2)c2c(=O)cc(-c3ccc(OCCOC(=O)/C=C/c4ccccc4)c(OCCOC(=O)/C=C/c4ccccc4)c3)oc2c1. The Morgan fingerprint density at radius 2 is 0.843 bits per heavy atom. The first-order valence-corrected chi connectivity index (χ1v) is 22.0. The van der Waals surface area contributed by atoms with Gasteiger partial charge in [0, 0.05) is 48.1 Å². The molecule has 1 aromatic heterocycles. The number of benzene rings is 6. The van der Waals surface area contributed by atoms with Crippen molar-refractivity contribution in [1.82, 2.24) is 0 Å². The fourth-order valence-electron chi connectivity index (χ4n) is 6.52. The van der Waals surface area contributed by atoms with Gasteiger partial charge in [0.2, 0.25) is 0 Å². The maximum atomic E-state index is 14.0. The van der Waals surface area contributed by atoms with Crippen LogP contribution in [0.3, 0.4) is 0 Å². The Balaban J connectivity index is 1.10. The molecule has 0 saturated heterocycles. The summed E-state index contributed by atoms with van der Waals surface area (Å²) in [6.45, 7) is -0.545. The molecule has 0 bridgehead atoms. The molecule has 13 heteroatoms. The number of carbonyl (C=O) groups is 4. The van der Waals surface area contributed by atoms with Gasteiger partial charge < -0.3 is 37.6 Å². The van der Waals surface area contributed by atoms with E-state index in [0.29, 0.717) is 5.56 Å². The molecule has 7 rings (SSSR count). The molecule has 0 unspecified atom stereocenters. The number of fused-ring (bicyclic) bond motifs is 1. The minimum atomic E-state index is -0.765. The molecule has 0 aliphatic heterocycles. The van der Waals surface area contributed by atoms with Crippen LogP contribution >= 0.6 is 0 Å². The monoisotopic (exact) mass is 938 g/mol. The molecule has 1 heterocycles. The second-order valence-electron chi connectivity index (χ2n) is 14.9. The predicted molar refractivity (Wildman–Crippen MR) is 265 cm³/mol. The van der Waals surface area contributed by atoms with Gasteiger partial charge in [0.05, 0.1) is 0 Å². The van der Waals surface area contributed by atoms with Gasteiger partial charge in [-0.2, -0.15) is 0 Å². The summed E-state index contributed by atoms with van der Waals surface area (Å²) in [5, 5.41) is -0.0391. The lowest BCUT2D eigenvalue weighted by Gasteiger charge is -2.15. The smallest absolute Gasteiger partial charge is 0.336 e. The normalized spacial score (nSPS) is 11.3. The first kappa shape index (κ1) is 48.7. The zero-order valence-corrected chi connectivity index (χ0v) is 37.7. The van der Waals surface area contributed by atoms with Crippen molar-refractivity contribution in [1.29, 1.82) is 0 Å². The summed E-state index contributed by atoms with van der Waals surface area (Å²) in [7, 11) is 0. The molecule has 352 valence electrons. The number of rotatable bonds is 22. The van der Waals surface area contributed by atoms with Crippen LogP contribution in [0.1, 0.15) is 22.3 Å². The summed E-state index contributed by atoms with van der Waals surface area (Å²) < 4.78 is 45.9. The molecule has 13 nitrogen and oxygen atoms in total. The van der Waals surface area contributed by atoms with Crippen molar-refractivity contribution >= 4 is 59.2 Å². The van der Waals surface area contributed by atoms with E-state index in [1.54, 1.807) is 42.5 Å². The summed E-state index contributed by atoms with van der Waals surface area (Å²) in [4.78, 5) is 64.3. The number of esters is 4. The van der Waals surface area contributed by atoms with E-state index in [2.05, 4.69) is 0 Å². The van der Waals surface area contributed by atoms with Crippen LogP contribution in [0.5, 0.6) is 23.0 Å². The lowest BCUT2D eigenvalue weighted by Crippen LogP contribution is -2.13. The molecule has 0 spiro atoms. The second kappa shape index (κ2) is 25.6. The van der Waals surface area contributed by atoms with E-state index in [1.807, 2.05) is 121 Å². The van der Waals surface area contributed by atoms with Gasteiger partial charge in [-0.3, -0.25) is 4.79 Å². The molecule has 6 aromatic carbocycles. The lowest BCUT2D eigenvalue weighted by molar-refractivity contribution is -0.139. The van der Waals surface area contributed by atoms with E-state index < -0.39 is 29.3 Å². The van der Waals surface area contributed by atoms with Gasteiger partial charge in [-0.05, 0) is 64.8 Å². The molecule has 7 aromatic rings. The predicted octanol–water partition coefficient (Wildman–Crippen LogP) is 9.98. The van der Waals surface area contributed by atoms with Crippen LogP contribution in [-0.4, -0.2) is 63.5 Å². The fraction of sp³-hybridized carbons (Fsp3) is 0.105. The topological polar surface area (TPSA) is 163 Å². The Kier molecular flexibility index (Phi) is 17.8. The van der Waals surface area contributed by atoms with Crippen molar-refractivity contribution in [2.45, 2.75) is 0 Å². The fourth-order valence-corrected chi connectivity index (χ4v) is 6.52. The van der Waals surface area contributed by atoms with E-state index in [9.17, 15) is 24.0 Å². The van der Waals surface area contributed by atoms with Crippen LogP contribution in [-0.2, 0) is 33.4 Å². The van der Waals surface area contributed by atoms with E-state index in [-0.39, 0.29) is 79.4 Å². The Labute approximate surface area is 403 Å². The highest BCUT2D eigenvalue weighted by molar-refractivity contribution is 5.94. The van der Waals surface area contributed by atoms with Gasteiger partial charge in [0.25, 0.3) is 0 Å². The third-order valence-electron chi connectivity index (χ3n) is 9.82. The number of hydrogen-bond donors (Lipinski definition) is 0. The molecular weight excluding hydrogens is 893 g/mol. The lowest BCUT2D eigenvalue weighted by atomic mass is 10.1. The van der Waals surface area contributed by atoms with Crippen LogP contribution in [0.4, 0.5) is 0 Å². The van der Waals surface area contributed by atoms with Crippen molar-refractivity contribution in [3.63, 3.8) is 0 Å². The summed E-state index contributed by atoms with van der Waals surface area (Å²) in [6.07, 6.45) is 11.6. The van der Waals surface area contributed by atoms with Gasteiger partial charge >= 0.3 is 23.9 Å². The molecule has 0 radical (unpaired) electrons. The largest absolute Gasteiger partial charge is 0.490 e. The van der Waals surface area contributed by atoms with Crippen molar-refractivity contribution in [3.8, 4) is 34.3 Å². The Bertz CT molecular complexity index is 3050. The zero-order chi connectivity index (χ0) is 48.8. The highest BCUT2D eigenvalue weighted by Gasteiger charge is 2.18. The first-order chi connectivity index (χ1) is 34.3. The highest BCUT2D eigenvalue weighted by atomic mass is 16.6. The summed E-state index contributed by atoms with van der Waals surface area (Å²) in [6, 6.07) is 45.8. The van der Waals surface area contributed by atoms with Crippen molar-refractivity contribution in [2.75, 3.05) is 39.6 Å². The quantitative estimate of drug-likeness (QED) is 0.0208. The van der Waals surface area contributed by atoms with Crippen molar-refractivity contribution in [3.05, 3.63) is 215 Å². The van der Waals surface area contributed by atoms with Gasteiger partial charge in [-0.1, -0.05) is 121 Å².